The average molecular weight is 293 g/mol. The van der Waals surface area contributed by atoms with Gasteiger partial charge in [0.1, 0.15) is 0 Å². The largest absolute Gasteiger partial charge is 0.377 e. The van der Waals surface area contributed by atoms with Crippen LogP contribution in [0.5, 0.6) is 0 Å². The molecule has 1 aromatic heterocycles. The Morgan fingerprint density at radius 1 is 1.45 bits per heavy atom. The lowest BCUT2D eigenvalue weighted by Crippen LogP contribution is -2.44. The first kappa shape index (κ1) is 14.6. The Labute approximate surface area is 126 Å². The Morgan fingerprint density at radius 3 is 2.95 bits per heavy atom. The van der Waals surface area contributed by atoms with E-state index in [0.29, 0.717) is 11.5 Å². The molecule has 2 aliphatic rings. The van der Waals surface area contributed by atoms with E-state index in [1.807, 2.05) is 11.3 Å². The molecule has 1 aromatic rings. The molecule has 2 heterocycles. The molecule has 3 heteroatoms. The van der Waals surface area contributed by atoms with Crippen molar-refractivity contribution in [3.63, 3.8) is 0 Å². The number of rotatable bonds is 7. The average Bonchev–Trinajstić information content (AvgIpc) is 2.96. The van der Waals surface area contributed by atoms with Gasteiger partial charge in [-0.2, -0.15) is 11.3 Å². The van der Waals surface area contributed by atoms with E-state index in [-0.39, 0.29) is 0 Å². The van der Waals surface area contributed by atoms with Gasteiger partial charge in [-0.1, -0.05) is 13.8 Å². The van der Waals surface area contributed by atoms with Gasteiger partial charge in [0.05, 0.1) is 6.10 Å². The van der Waals surface area contributed by atoms with Crippen LogP contribution in [0.2, 0.25) is 0 Å². The van der Waals surface area contributed by atoms with E-state index in [1.54, 1.807) is 0 Å². The van der Waals surface area contributed by atoms with Gasteiger partial charge in [-0.25, -0.2) is 0 Å². The molecule has 2 atom stereocenters. The highest BCUT2D eigenvalue weighted by Crippen LogP contribution is 2.49. The molecule has 112 valence electrons. The first-order valence-electron chi connectivity index (χ1n) is 8.03. The first-order chi connectivity index (χ1) is 9.70. The second kappa shape index (κ2) is 6.17. The number of nitrogens with one attached hydrogen (secondary N) is 1. The van der Waals surface area contributed by atoms with E-state index >= 15 is 0 Å². The summed E-state index contributed by atoms with van der Waals surface area (Å²) in [6.45, 7) is 7.74. The molecular formula is C17H27NOS. The molecule has 0 amide bonds. The van der Waals surface area contributed by atoms with E-state index < -0.39 is 0 Å². The van der Waals surface area contributed by atoms with Crippen molar-refractivity contribution in [2.75, 3.05) is 19.7 Å². The quantitative estimate of drug-likeness (QED) is 0.827. The molecule has 1 N–H and O–H groups in total. The molecule has 0 aromatic carbocycles. The third-order valence-corrected chi connectivity index (χ3v) is 5.45. The molecule has 2 fully saturated rings. The summed E-state index contributed by atoms with van der Waals surface area (Å²) in [5.41, 5.74) is 1.83. The Bertz CT molecular complexity index is 413. The number of thiophene rings is 1. The molecule has 3 rings (SSSR count). The van der Waals surface area contributed by atoms with Gasteiger partial charge >= 0.3 is 0 Å². The van der Waals surface area contributed by atoms with Crippen LogP contribution in [0.1, 0.15) is 38.7 Å². The fraction of sp³-hybridized carbons (Fsp3) is 0.765. The highest BCUT2D eigenvalue weighted by molar-refractivity contribution is 7.07. The lowest BCUT2D eigenvalue weighted by atomic mass is 9.74. The van der Waals surface area contributed by atoms with E-state index in [2.05, 4.69) is 36.0 Å². The highest BCUT2D eigenvalue weighted by Gasteiger charge is 2.50. The fourth-order valence-electron chi connectivity index (χ4n) is 3.59. The highest BCUT2D eigenvalue weighted by atomic mass is 32.1. The molecule has 2 unspecified atom stereocenters. The van der Waals surface area contributed by atoms with Crippen LogP contribution in [0.25, 0.3) is 0 Å². The smallest absolute Gasteiger partial charge is 0.0675 e. The van der Waals surface area contributed by atoms with Gasteiger partial charge < -0.3 is 10.1 Å². The van der Waals surface area contributed by atoms with Crippen LogP contribution in [0.15, 0.2) is 16.8 Å². The van der Waals surface area contributed by atoms with E-state index in [4.69, 9.17) is 4.74 Å². The minimum absolute atomic E-state index is 0.330. The van der Waals surface area contributed by atoms with E-state index in [1.165, 1.54) is 31.2 Å². The summed E-state index contributed by atoms with van der Waals surface area (Å²) >= 11 is 1.81. The molecule has 1 saturated heterocycles. The van der Waals surface area contributed by atoms with Gasteiger partial charge in [-0.05, 0) is 66.5 Å². The SMILES string of the molecule is CC(C)CNCC1(Cc2ccsc2)CCOC1C1CC1. The number of ether oxygens (including phenoxy) is 1. The van der Waals surface area contributed by atoms with Crippen molar-refractivity contribution in [2.24, 2.45) is 17.3 Å². The minimum atomic E-state index is 0.330. The number of hydrogen-bond acceptors (Lipinski definition) is 3. The maximum Gasteiger partial charge on any atom is 0.0675 e. The normalized spacial score (nSPS) is 30.2. The van der Waals surface area contributed by atoms with Crippen molar-refractivity contribution in [1.29, 1.82) is 0 Å². The fourth-order valence-corrected chi connectivity index (χ4v) is 4.26. The number of hydrogen-bond donors (Lipinski definition) is 1. The summed E-state index contributed by atoms with van der Waals surface area (Å²) in [5.74, 6) is 1.55. The van der Waals surface area contributed by atoms with Gasteiger partial charge in [-0.3, -0.25) is 0 Å². The zero-order valence-corrected chi connectivity index (χ0v) is 13.5. The molecular weight excluding hydrogens is 266 g/mol. The lowest BCUT2D eigenvalue weighted by molar-refractivity contribution is 0.0304. The van der Waals surface area contributed by atoms with Gasteiger partial charge in [-0.15, -0.1) is 0 Å². The standard InChI is InChI=1S/C17H27NOS/c1-13(2)10-18-12-17(9-14-5-8-20-11-14)6-7-19-16(17)15-3-4-15/h5,8,11,13,15-16,18H,3-4,6-7,9-10,12H2,1-2H3. The van der Waals surface area contributed by atoms with Crippen molar-refractivity contribution < 1.29 is 4.74 Å². The summed E-state index contributed by atoms with van der Waals surface area (Å²) in [4.78, 5) is 0. The summed E-state index contributed by atoms with van der Waals surface area (Å²) in [6, 6.07) is 2.29. The Balaban J connectivity index is 1.71. The summed E-state index contributed by atoms with van der Waals surface area (Å²) in [5, 5.41) is 8.23. The van der Waals surface area contributed by atoms with E-state index in [0.717, 1.165) is 31.5 Å². The zero-order valence-electron chi connectivity index (χ0n) is 12.7. The van der Waals surface area contributed by atoms with Crippen LogP contribution >= 0.6 is 11.3 Å². The topological polar surface area (TPSA) is 21.3 Å². The van der Waals surface area contributed by atoms with Crippen molar-refractivity contribution in [2.45, 2.75) is 45.6 Å². The van der Waals surface area contributed by atoms with Crippen LogP contribution in [-0.2, 0) is 11.2 Å². The third-order valence-electron chi connectivity index (χ3n) is 4.72. The summed E-state index contributed by atoms with van der Waals surface area (Å²) in [6.07, 6.45) is 5.64. The van der Waals surface area contributed by atoms with Crippen molar-refractivity contribution in [3.05, 3.63) is 22.4 Å². The lowest BCUT2D eigenvalue weighted by Gasteiger charge is -2.35. The summed E-state index contributed by atoms with van der Waals surface area (Å²) < 4.78 is 6.16. The van der Waals surface area contributed by atoms with Crippen LogP contribution in [-0.4, -0.2) is 25.8 Å². The van der Waals surface area contributed by atoms with Gasteiger partial charge in [0, 0.05) is 18.6 Å². The van der Waals surface area contributed by atoms with Crippen molar-refractivity contribution in [3.8, 4) is 0 Å². The van der Waals surface area contributed by atoms with E-state index in [9.17, 15) is 0 Å². The molecule has 0 spiro atoms. The Kier molecular flexibility index (Phi) is 4.49. The molecule has 1 aliphatic heterocycles. The van der Waals surface area contributed by atoms with Crippen LogP contribution in [0.4, 0.5) is 0 Å². The van der Waals surface area contributed by atoms with Gasteiger partial charge in [0.25, 0.3) is 0 Å². The monoisotopic (exact) mass is 293 g/mol. The van der Waals surface area contributed by atoms with Gasteiger partial charge in [0.2, 0.25) is 0 Å². The predicted octanol–water partition coefficient (Wildman–Crippen LogP) is 3.72. The predicted molar refractivity (Wildman–Crippen MR) is 85.2 cm³/mol. The molecule has 0 bridgehead atoms. The minimum Gasteiger partial charge on any atom is -0.377 e. The molecule has 2 nitrogen and oxygen atoms in total. The van der Waals surface area contributed by atoms with Crippen LogP contribution in [0.3, 0.4) is 0 Å². The third kappa shape index (κ3) is 3.26. The maximum absolute atomic E-state index is 6.16. The van der Waals surface area contributed by atoms with Crippen molar-refractivity contribution in [1.82, 2.24) is 5.32 Å². The maximum atomic E-state index is 6.16. The molecule has 1 saturated carbocycles. The van der Waals surface area contributed by atoms with Gasteiger partial charge in [0.15, 0.2) is 0 Å². The Hall–Kier alpha value is -0.380. The second-order valence-corrected chi connectivity index (χ2v) is 7.85. The Morgan fingerprint density at radius 2 is 2.30 bits per heavy atom. The molecule has 20 heavy (non-hydrogen) atoms. The molecule has 0 radical (unpaired) electrons. The summed E-state index contributed by atoms with van der Waals surface area (Å²) in [7, 11) is 0. The zero-order chi connectivity index (χ0) is 14.0. The molecule has 1 aliphatic carbocycles. The van der Waals surface area contributed by atoms with Crippen LogP contribution < -0.4 is 5.32 Å². The second-order valence-electron chi connectivity index (χ2n) is 7.07. The first-order valence-corrected chi connectivity index (χ1v) is 8.97. The van der Waals surface area contributed by atoms with Crippen molar-refractivity contribution >= 4 is 11.3 Å². The van der Waals surface area contributed by atoms with Crippen LogP contribution in [0, 0.1) is 17.3 Å².